The molecule has 3 aromatic rings. The maximum absolute atomic E-state index is 10.8. The lowest BCUT2D eigenvalue weighted by Gasteiger charge is -2.24. The highest BCUT2D eigenvalue weighted by Gasteiger charge is 2.24. The Kier molecular flexibility index (Phi) is 7.07. The van der Waals surface area contributed by atoms with Gasteiger partial charge in [0.05, 0.1) is 26.7 Å². The molecule has 1 aromatic carbocycles. The van der Waals surface area contributed by atoms with Crippen molar-refractivity contribution in [2.24, 2.45) is 12.0 Å². The van der Waals surface area contributed by atoms with Crippen molar-refractivity contribution in [3.63, 3.8) is 0 Å². The van der Waals surface area contributed by atoms with E-state index in [0.717, 1.165) is 27.8 Å². The van der Waals surface area contributed by atoms with Crippen molar-refractivity contribution in [2.45, 2.75) is 32.5 Å². The smallest absolute Gasteiger partial charge is 0.192 e. The summed E-state index contributed by atoms with van der Waals surface area (Å²) in [5, 5.41) is 27.6. The highest BCUT2D eigenvalue weighted by atomic mass is 32.1. The third-order valence-electron chi connectivity index (χ3n) is 4.83. The summed E-state index contributed by atoms with van der Waals surface area (Å²) in [4.78, 5) is 5.57. The zero-order valence-corrected chi connectivity index (χ0v) is 18.5. The summed E-state index contributed by atoms with van der Waals surface area (Å²) < 4.78 is 7.13. The van der Waals surface area contributed by atoms with E-state index in [-0.39, 0.29) is 0 Å². The van der Waals surface area contributed by atoms with E-state index in [2.05, 4.69) is 25.8 Å². The van der Waals surface area contributed by atoms with Crippen LogP contribution in [0.4, 0.5) is 0 Å². The van der Waals surface area contributed by atoms with Gasteiger partial charge in [0.2, 0.25) is 0 Å². The molecular weight excluding hydrogens is 400 g/mol. The number of nitrogens with one attached hydrogen (secondary N) is 2. The van der Waals surface area contributed by atoms with E-state index in [1.165, 1.54) is 11.3 Å². The van der Waals surface area contributed by atoms with E-state index >= 15 is 0 Å². The molecule has 9 heteroatoms. The van der Waals surface area contributed by atoms with Crippen LogP contribution in [0.3, 0.4) is 0 Å². The molecule has 2 heterocycles. The molecule has 3 N–H and O–H groups in total. The molecule has 0 spiro atoms. The quantitative estimate of drug-likeness (QED) is 0.376. The molecule has 1 unspecified atom stereocenters. The lowest BCUT2D eigenvalue weighted by Crippen LogP contribution is -2.44. The molecule has 2 aromatic heterocycles. The van der Waals surface area contributed by atoms with Gasteiger partial charge in [0.25, 0.3) is 0 Å². The number of aliphatic hydroxyl groups is 1. The Morgan fingerprint density at radius 1 is 1.23 bits per heavy atom. The predicted molar refractivity (Wildman–Crippen MR) is 119 cm³/mol. The van der Waals surface area contributed by atoms with Gasteiger partial charge in [-0.2, -0.15) is 0 Å². The van der Waals surface area contributed by atoms with Crippen LogP contribution in [0.25, 0.3) is 0 Å². The minimum atomic E-state index is -1.00. The molecule has 0 bridgehead atoms. The van der Waals surface area contributed by atoms with Crippen LogP contribution in [0, 0.1) is 6.92 Å². The maximum atomic E-state index is 10.8. The minimum Gasteiger partial charge on any atom is -0.497 e. The zero-order valence-electron chi connectivity index (χ0n) is 17.7. The van der Waals surface area contributed by atoms with Crippen LogP contribution >= 0.6 is 11.3 Å². The Hall–Kier alpha value is -2.91. The predicted octanol–water partition coefficient (Wildman–Crippen LogP) is 2.34. The number of methoxy groups -OCH3 is 1. The molecule has 3 rings (SSSR count). The second kappa shape index (κ2) is 9.73. The standard InChI is InChI=1S/C21H28N6O2S/c1-15-25-26-19(27(15)3)13-23-20(22-12-16-7-9-17(29-4)10-8-16)24-14-21(2,28)18-6-5-11-30-18/h5-11,28H,12-14H2,1-4H3,(H2,22,23,24). The first-order valence-electron chi connectivity index (χ1n) is 9.65. The number of thiophene rings is 1. The fourth-order valence-electron chi connectivity index (χ4n) is 2.77. The third kappa shape index (κ3) is 5.58. The van der Waals surface area contributed by atoms with Crippen molar-refractivity contribution in [3.8, 4) is 5.75 Å². The van der Waals surface area contributed by atoms with Crippen LogP contribution in [0.2, 0.25) is 0 Å². The Labute approximate surface area is 180 Å². The topological polar surface area (TPSA) is 96.6 Å². The fraction of sp³-hybridized carbons (Fsp3) is 0.381. The Balaban J connectivity index is 1.70. The van der Waals surface area contributed by atoms with Gasteiger partial charge in [-0.3, -0.25) is 0 Å². The first-order chi connectivity index (χ1) is 14.4. The first kappa shape index (κ1) is 21.8. The zero-order chi connectivity index (χ0) is 21.6. The van der Waals surface area contributed by atoms with Gasteiger partial charge >= 0.3 is 0 Å². The van der Waals surface area contributed by atoms with Crippen LogP contribution in [-0.4, -0.2) is 39.5 Å². The Morgan fingerprint density at radius 3 is 2.60 bits per heavy atom. The number of ether oxygens (including phenoxy) is 1. The van der Waals surface area contributed by atoms with Crippen molar-refractivity contribution in [3.05, 3.63) is 63.9 Å². The summed E-state index contributed by atoms with van der Waals surface area (Å²) in [6.07, 6.45) is 0. The molecule has 0 aliphatic heterocycles. The number of aryl methyl sites for hydroxylation is 1. The molecule has 0 aliphatic carbocycles. The monoisotopic (exact) mass is 428 g/mol. The average molecular weight is 429 g/mol. The van der Waals surface area contributed by atoms with Gasteiger partial charge in [0.1, 0.15) is 17.2 Å². The Bertz CT molecular complexity index is 964. The molecule has 160 valence electrons. The van der Waals surface area contributed by atoms with Crippen molar-refractivity contribution in [1.29, 1.82) is 0 Å². The number of aliphatic imine (C=N–C) groups is 1. The number of guanidine groups is 1. The molecule has 0 fully saturated rings. The van der Waals surface area contributed by atoms with Crippen LogP contribution < -0.4 is 15.4 Å². The molecule has 1 atom stereocenters. The largest absolute Gasteiger partial charge is 0.497 e. The molecule has 30 heavy (non-hydrogen) atoms. The number of rotatable bonds is 8. The van der Waals surface area contributed by atoms with Crippen LogP contribution in [0.15, 0.2) is 46.8 Å². The minimum absolute atomic E-state index is 0.319. The van der Waals surface area contributed by atoms with Crippen LogP contribution in [0.1, 0.15) is 29.0 Å². The van der Waals surface area contributed by atoms with E-state index in [1.807, 2.05) is 60.3 Å². The highest BCUT2D eigenvalue weighted by molar-refractivity contribution is 7.10. The SMILES string of the molecule is COc1ccc(CN=C(NCc2nnc(C)n2C)NCC(C)(O)c2cccs2)cc1. The number of hydrogen-bond donors (Lipinski definition) is 3. The summed E-state index contributed by atoms with van der Waals surface area (Å²) in [7, 11) is 3.57. The summed E-state index contributed by atoms with van der Waals surface area (Å²) >= 11 is 1.53. The second-order valence-corrected chi connectivity index (χ2v) is 8.14. The first-order valence-corrected chi connectivity index (χ1v) is 10.5. The molecule has 8 nitrogen and oxygen atoms in total. The van der Waals surface area contributed by atoms with Gasteiger partial charge < -0.3 is 25.0 Å². The number of hydrogen-bond acceptors (Lipinski definition) is 6. The van der Waals surface area contributed by atoms with Gasteiger partial charge in [-0.25, -0.2) is 4.99 Å². The lowest BCUT2D eigenvalue weighted by atomic mass is 10.1. The van der Waals surface area contributed by atoms with E-state index in [9.17, 15) is 5.11 Å². The van der Waals surface area contributed by atoms with Gasteiger partial charge in [0.15, 0.2) is 11.8 Å². The van der Waals surface area contributed by atoms with Crippen molar-refractivity contribution in [2.75, 3.05) is 13.7 Å². The lowest BCUT2D eigenvalue weighted by molar-refractivity contribution is 0.0655. The van der Waals surface area contributed by atoms with Gasteiger partial charge in [-0.15, -0.1) is 21.5 Å². The summed E-state index contributed by atoms with van der Waals surface area (Å²) in [6, 6.07) is 11.6. The molecular formula is C21H28N6O2S. The van der Waals surface area contributed by atoms with Gasteiger partial charge in [0, 0.05) is 11.9 Å². The normalized spacial score (nSPS) is 13.7. The molecule has 0 radical (unpaired) electrons. The number of aromatic nitrogens is 3. The highest BCUT2D eigenvalue weighted by Crippen LogP contribution is 2.24. The van der Waals surface area contributed by atoms with Crippen molar-refractivity contribution in [1.82, 2.24) is 25.4 Å². The molecule has 0 amide bonds. The summed E-state index contributed by atoms with van der Waals surface area (Å²) in [5.74, 6) is 3.04. The second-order valence-electron chi connectivity index (χ2n) is 7.19. The Morgan fingerprint density at radius 2 is 2.00 bits per heavy atom. The van der Waals surface area contributed by atoms with Crippen molar-refractivity contribution < 1.29 is 9.84 Å². The fourth-order valence-corrected chi connectivity index (χ4v) is 3.56. The maximum Gasteiger partial charge on any atom is 0.192 e. The van der Waals surface area contributed by atoms with Crippen LogP contribution in [0.5, 0.6) is 5.75 Å². The molecule has 0 aliphatic rings. The number of nitrogens with zero attached hydrogens (tertiary/aromatic N) is 4. The van der Waals surface area contributed by atoms with Crippen LogP contribution in [-0.2, 0) is 25.7 Å². The molecule has 0 saturated heterocycles. The summed E-state index contributed by atoms with van der Waals surface area (Å²) in [6.45, 7) is 4.97. The molecule has 0 saturated carbocycles. The van der Waals surface area contributed by atoms with E-state index < -0.39 is 5.60 Å². The third-order valence-corrected chi connectivity index (χ3v) is 5.95. The number of benzene rings is 1. The van der Waals surface area contributed by atoms with Gasteiger partial charge in [-0.1, -0.05) is 18.2 Å². The average Bonchev–Trinajstić information content (AvgIpc) is 3.40. The van der Waals surface area contributed by atoms with Crippen molar-refractivity contribution >= 4 is 17.3 Å². The van der Waals surface area contributed by atoms with E-state index in [4.69, 9.17) is 4.74 Å². The van der Waals surface area contributed by atoms with Gasteiger partial charge in [-0.05, 0) is 43.0 Å². The van der Waals surface area contributed by atoms with E-state index in [0.29, 0.717) is 25.6 Å². The van der Waals surface area contributed by atoms with E-state index in [1.54, 1.807) is 14.0 Å². The summed E-state index contributed by atoms with van der Waals surface area (Å²) in [5.41, 5.74) is 0.0504.